The summed E-state index contributed by atoms with van der Waals surface area (Å²) in [5.74, 6) is -9.81. The van der Waals surface area contributed by atoms with Crippen molar-refractivity contribution in [2.24, 2.45) is 0 Å². The fourth-order valence-corrected chi connectivity index (χ4v) is 4.10. The monoisotopic (exact) mass is 502 g/mol. The third kappa shape index (κ3) is 5.01. The van der Waals surface area contributed by atoms with Gasteiger partial charge in [0.25, 0.3) is 0 Å². The Morgan fingerprint density at radius 2 is 1.03 bits per heavy atom. The molecular formula is C29H21F7. The maximum atomic E-state index is 15.0. The second kappa shape index (κ2) is 10.6. The molecule has 0 spiro atoms. The van der Waals surface area contributed by atoms with Crippen molar-refractivity contribution in [2.75, 3.05) is 0 Å². The molecule has 0 atom stereocenters. The van der Waals surface area contributed by atoms with E-state index in [2.05, 4.69) is 6.92 Å². The van der Waals surface area contributed by atoms with Gasteiger partial charge in [0.1, 0.15) is 11.6 Å². The first-order chi connectivity index (χ1) is 17.2. The van der Waals surface area contributed by atoms with Crippen molar-refractivity contribution in [3.63, 3.8) is 0 Å². The van der Waals surface area contributed by atoms with Gasteiger partial charge in [-0.2, -0.15) is 0 Å². The zero-order valence-electron chi connectivity index (χ0n) is 19.2. The number of benzene rings is 4. The van der Waals surface area contributed by atoms with E-state index in [4.69, 9.17) is 0 Å². The van der Waals surface area contributed by atoms with Gasteiger partial charge in [-0.3, -0.25) is 0 Å². The van der Waals surface area contributed by atoms with Gasteiger partial charge >= 0.3 is 0 Å². The smallest absolute Gasteiger partial charge is 0.194 e. The van der Waals surface area contributed by atoms with Crippen molar-refractivity contribution < 1.29 is 30.7 Å². The summed E-state index contributed by atoms with van der Waals surface area (Å²) in [7, 11) is 0. The molecule has 0 radical (unpaired) electrons. The van der Waals surface area contributed by atoms with Crippen LogP contribution in [0.2, 0.25) is 0 Å². The Bertz CT molecular complexity index is 1390. The largest absolute Gasteiger partial charge is 0.206 e. The molecule has 0 heterocycles. The van der Waals surface area contributed by atoms with Crippen molar-refractivity contribution >= 4 is 0 Å². The first-order valence-corrected chi connectivity index (χ1v) is 11.4. The van der Waals surface area contributed by atoms with Crippen LogP contribution in [-0.2, 0) is 6.42 Å². The van der Waals surface area contributed by atoms with Crippen LogP contribution in [0.15, 0.2) is 60.7 Å². The van der Waals surface area contributed by atoms with Crippen LogP contribution >= 0.6 is 0 Å². The van der Waals surface area contributed by atoms with Crippen molar-refractivity contribution in [1.29, 1.82) is 0 Å². The fourth-order valence-electron chi connectivity index (χ4n) is 4.10. The van der Waals surface area contributed by atoms with Gasteiger partial charge in [0, 0.05) is 22.3 Å². The molecule has 0 aliphatic heterocycles. The van der Waals surface area contributed by atoms with Gasteiger partial charge in [-0.25, -0.2) is 30.7 Å². The summed E-state index contributed by atoms with van der Waals surface area (Å²) < 4.78 is 99.9. The molecule has 0 bridgehead atoms. The molecule has 0 fully saturated rings. The van der Waals surface area contributed by atoms with Crippen LogP contribution in [0, 0.1) is 40.7 Å². The van der Waals surface area contributed by atoms with Gasteiger partial charge < -0.3 is 0 Å². The third-order valence-electron chi connectivity index (χ3n) is 6.06. The van der Waals surface area contributed by atoms with Crippen LogP contribution in [0.4, 0.5) is 30.7 Å². The molecule has 4 aromatic carbocycles. The topological polar surface area (TPSA) is 0 Å². The summed E-state index contributed by atoms with van der Waals surface area (Å²) in [4.78, 5) is 0. The van der Waals surface area contributed by atoms with Crippen molar-refractivity contribution in [3.05, 3.63) is 107 Å². The summed E-state index contributed by atoms with van der Waals surface area (Å²) in [6.45, 7) is 2.10. The zero-order valence-corrected chi connectivity index (χ0v) is 19.2. The van der Waals surface area contributed by atoms with Crippen LogP contribution in [-0.4, -0.2) is 0 Å². The van der Waals surface area contributed by atoms with Crippen LogP contribution in [0.3, 0.4) is 0 Å². The average Bonchev–Trinajstić information content (AvgIpc) is 2.86. The first-order valence-electron chi connectivity index (χ1n) is 11.4. The second-order valence-electron chi connectivity index (χ2n) is 8.51. The lowest BCUT2D eigenvalue weighted by Crippen LogP contribution is -1.99. The minimum atomic E-state index is -1.75. The van der Waals surface area contributed by atoms with E-state index in [-0.39, 0.29) is 5.56 Å². The molecule has 7 heteroatoms. The van der Waals surface area contributed by atoms with Gasteiger partial charge in [0.05, 0.1) is 0 Å². The molecule has 4 aromatic rings. The summed E-state index contributed by atoms with van der Waals surface area (Å²) in [5.41, 5.74) is -0.644. The maximum Gasteiger partial charge on any atom is 0.194 e. The van der Waals surface area contributed by atoms with E-state index in [0.717, 1.165) is 55.5 Å². The molecule has 0 aliphatic carbocycles. The highest BCUT2D eigenvalue weighted by atomic mass is 19.2. The predicted octanol–water partition coefficient (Wildman–Crippen LogP) is 9.39. The van der Waals surface area contributed by atoms with E-state index in [1.54, 1.807) is 12.1 Å². The molecule has 36 heavy (non-hydrogen) atoms. The van der Waals surface area contributed by atoms with Crippen molar-refractivity contribution in [3.8, 4) is 33.4 Å². The summed E-state index contributed by atoms with van der Waals surface area (Å²) in [6, 6.07) is 11.7. The van der Waals surface area contributed by atoms with E-state index in [1.165, 1.54) is 0 Å². The summed E-state index contributed by atoms with van der Waals surface area (Å²) >= 11 is 0. The number of hydrogen-bond donors (Lipinski definition) is 0. The standard InChI is InChI=1S/C29H21F7/c1-2-3-4-5-16-6-8-17(9-7-16)21-14-24(31)22(15-23(21)30)20-11-10-19(27(34)28(20)35)18-12-25(32)29(36)26(33)13-18/h6-15H,2-5H2,1H3. The van der Waals surface area contributed by atoms with Crippen molar-refractivity contribution in [1.82, 2.24) is 0 Å². The van der Waals surface area contributed by atoms with Gasteiger partial charge in [-0.1, -0.05) is 56.2 Å². The minimum absolute atomic E-state index is 0.0360. The molecule has 186 valence electrons. The summed E-state index contributed by atoms with van der Waals surface area (Å²) in [6.07, 6.45) is 4.09. The van der Waals surface area contributed by atoms with Crippen LogP contribution in [0.5, 0.6) is 0 Å². The van der Waals surface area contributed by atoms with Crippen LogP contribution in [0.25, 0.3) is 33.4 Å². The van der Waals surface area contributed by atoms with Crippen LogP contribution in [0.1, 0.15) is 31.7 Å². The Morgan fingerprint density at radius 1 is 0.472 bits per heavy atom. The Balaban J connectivity index is 1.68. The van der Waals surface area contributed by atoms with E-state index in [1.807, 2.05) is 12.1 Å². The zero-order chi connectivity index (χ0) is 26.0. The lowest BCUT2D eigenvalue weighted by Gasteiger charge is -2.12. The Kier molecular flexibility index (Phi) is 7.48. The fraction of sp³-hybridized carbons (Fsp3) is 0.172. The van der Waals surface area contributed by atoms with Gasteiger partial charge in [-0.15, -0.1) is 0 Å². The molecule has 4 rings (SSSR count). The molecule has 0 N–H and O–H groups in total. The quantitative estimate of drug-likeness (QED) is 0.134. The first kappa shape index (κ1) is 25.5. The lowest BCUT2D eigenvalue weighted by atomic mass is 9.95. The molecule has 0 saturated carbocycles. The third-order valence-corrected chi connectivity index (χ3v) is 6.06. The predicted molar refractivity (Wildman–Crippen MR) is 126 cm³/mol. The second-order valence-corrected chi connectivity index (χ2v) is 8.51. The highest BCUT2D eigenvalue weighted by Gasteiger charge is 2.22. The number of halogens is 7. The van der Waals surface area contributed by atoms with Crippen molar-refractivity contribution in [2.45, 2.75) is 32.6 Å². The van der Waals surface area contributed by atoms with Gasteiger partial charge in [0.2, 0.25) is 0 Å². The molecule has 0 amide bonds. The maximum absolute atomic E-state index is 15.0. The van der Waals surface area contributed by atoms with Gasteiger partial charge in [0.15, 0.2) is 29.1 Å². The number of aryl methyl sites for hydroxylation is 1. The Morgan fingerprint density at radius 3 is 1.67 bits per heavy atom. The molecule has 0 saturated heterocycles. The van der Waals surface area contributed by atoms with E-state index in [9.17, 15) is 30.7 Å². The molecule has 0 aromatic heterocycles. The van der Waals surface area contributed by atoms with Crippen LogP contribution < -0.4 is 0 Å². The number of unbranched alkanes of at least 4 members (excludes halogenated alkanes) is 2. The molecular weight excluding hydrogens is 481 g/mol. The number of hydrogen-bond acceptors (Lipinski definition) is 0. The highest BCUT2D eigenvalue weighted by Crippen LogP contribution is 2.36. The summed E-state index contributed by atoms with van der Waals surface area (Å²) in [5, 5.41) is 0. The minimum Gasteiger partial charge on any atom is -0.206 e. The van der Waals surface area contributed by atoms with E-state index in [0.29, 0.717) is 17.7 Å². The Hall–Kier alpha value is -3.61. The Labute approximate surface area is 204 Å². The average molecular weight is 502 g/mol. The lowest BCUT2D eigenvalue weighted by molar-refractivity contribution is 0.447. The highest BCUT2D eigenvalue weighted by molar-refractivity contribution is 5.75. The molecule has 0 unspecified atom stereocenters. The van der Waals surface area contributed by atoms with E-state index >= 15 is 0 Å². The molecule has 0 nitrogen and oxygen atoms in total. The molecule has 0 aliphatic rings. The van der Waals surface area contributed by atoms with E-state index < -0.39 is 63.0 Å². The normalized spacial score (nSPS) is 11.2. The number of rotatable bonds is 7. The SMILES string of the molecule is CCCCCc1ccc(-c2cc(F)c(-c3ccc(-c4cc(F)c(F)c(F)c4)c(F)c3F)cc2F)cc1. The van der Waals surface area contributed by atoms with Gasteiger partial charge in [-0.05, 0) is 53.8 Å².